The van der Waals surface area contributed by atoms with Gasteiger partial charge in [-0.1, -0.05) is 24.3 Å². The van der Waals surface area contributed by atoms with Crippen molar-refractivity contribution in [1.29, 1.82) is 0 Å². The van der Waals surface area contributed by atoms with Crippen molar-refractivity contribution in [2.45, 2.75) is 25.4 Å². The predicted octanol–water partition coefficient (Wildman–Crippen LogP) is 6.04. The Bertz CT molecular complexity index is 1660. The molecule has 0 spiro atoms. The molecular weight excluding hydrogens is 542 g/mol. The summed E-state index contributed by atoms with van der Waals surface area (Å²) in [6.45, 7) is -0.395. The number of pyridine rings is 1. The molecule has 6 nitrogen and oxygen atoms in total. The van der Waals surface area contributed by atoms with Crippen LogP contribution in [0, 0.1) is 0 Å². The number of benzene rings is 3. The Hall–Kier alpha value is -4.48. The highest BCUT2D eigenvalue weighted by atomic mass is 19.4. The second kappa shape index (κ2) is 9.92. The quantitative estimate of drug-likeness (QED) is 0.302. The fourth-order valence-corrected chi connectivity index (χ4v) is 4.74. The molecule has 0 atom stereocenters. The fourth-order valence-electron chi connectivity index (χ4n) is 4.74. The molecule has 1 N–H and O–H groups in total. The Morgan fingerprint density at radius 1 is 0.975 bits per heavy atom. The van der Waals surface area contributed by atoms with Gasteiger partial charge in [0, 0.05) is 17.5 Å². The van der Waals surface area contributed by atoms with Crippen molar-refractivity contribution >= 4 is 16.8 Å². The number of hydrogen-bond acceptors (Lipinski definition) is 4. The van der Waals surface area contributed by atoms with Crippen LogP contribution in [0.15, 0.2) is 65.5 Å². The normalized spacial score (nSPS) is 13.2. The van der Waals surface area contributed by atoms with E-state index in [1.807, 2.05) is 0 Å². The van der Waals surface area contributed by atoms with E-state index in [0.29, 0.717) is 40.1 Å². The Kier molecular flexibility index (Phi) is 6.72. The minimum atomic E-state index is -5.04. The number of alkyl halides is 6. The molecule has 1 amide bonds. The van der Waals surface area contributed by atoms with Gasteiger partial charge < -0.3 is 19.4 Å². The lowest BCUT2D eigenvalue weighted by Gasteiger charge is -2.24. The number of hydrogen-bond donors (Lipinski definition) is 1. The molecule has 0 aliphatic carbocycles. The van der Waals surface area contributed by atoms with E-state index in [9.17, 15) is 35.9 Å². The molecule has 4 aromatic rings. The predicted molar refractivity (Wildman–Crippen MR) is 133 cm³/mol. The summed E-state index contributed by atoms with van der Waals surface area (Å²) in [5, 5.41) is 2.85. The molecule has 2 heterocycles. The molecule has 12 heteroatoms. The highest BCUT2D eigenvalue weighted by molar-refractivity contribution is 6.10. The Labute approximate surface area is 222 Å². The summed E-state index contributed by atoms with van der Waals surface area (Å²) in [6.07, 6.45) is -10.1. The first-order valence-electron chi connectivity index (χ1n) is 11.9. The van der Waals surface area contributed by atoms with Crippen LogP contribution in [0.2, 0.25) is 0 Å². The third-order valence-electron chi connectivity index (χ3n) is 6.51. The van der Waals surface area contributed by atoms with Gasteiger partial charge in [-0.05, 0) is 47.5 Å². The average Bonchev–Trinajstić information content (AvgIpc) is 2.92. The van der Waals surface area contributed by atoms with E-state index < -0.39 is 47.1 Å². The second-order valence-electron chi connectivity index (χ2n) is 9.04. The van der Waals surface area contributed by atoms with Gasteiger partial charge >= 0.3 is 12.4 Å². The van der Waals surface area contributed by atoms with Crippen molar-refractivity contribution in [2.24, 2.45) is 0 Å². The van der Waals surface area contributed by atoms with E-state index in [4.69, 9.17) is 9.47 Å². The number of aromatic nitrogens is 1. The summed E-state index contributed by atoms with van der Waals surface area (Å²) in [5.74, 6) is -0.0960. The second-order valence-corrected chi connectivity index (χ2v) is 9.04. The summed E-state index contributed by atoms with van der Waals surface area (Å²) in [5.41, 5.74) is -3.33. The lowest BCUT2D eigenvalue weighted by atomic mass is 9.94. The van der Waals surface area contributed by atoms with Gasteiger partial charge in [0.25, 0.3) is 11.5 Å². The first kappa shape index (κ1) is 27.1. The van der Waals surface area contributed by atoms with E-state index >= 15 is 0 Å². The largest absolute Gasteiger partial charge is 0.497 e. The summed E-state index contributed by atoms with van der Waals surface area (Å²) in [7, 11) is 1.44. The number of nitrogens with one attached hydrogen (secondary N) is 1. The molecule has 0 bridgehead atoms. The van der Waals surface area contributed by atoms with Crippen molar-refractivity contribution in [3.8, 4) is 22.6 Å². The molecular formula is C28H20F6N2O4. The van der Waals surface area contributed by atoms with Crippen LogP contribution >= 0.6 is 0 Å². The molecule has 40 heavy (non-hydrogen) atoms. The van der Waals surface area contributed by atoms with Gasteiger partial charge in [0.05, 0.1) is 30.3 Å². The summed E-state index contributed by atoms with van der Waals surface area (Å²) >= 11 is 0. The topological polar surface area (TPSA) is 69.6 Å². The number of carbonyl (C=O) groups excluding carboxylic acids is 1. The smallest absolute Gasteiger partial charge is 0.416 e. The third-order valence-corrected chi connectivity index (χ3v) is 6.51. The van der Waals surface area contributed by atoms with Crippen LogP contribution in [-0.2, 0) is 25.4 Å². The minimum Gasteiger partial charge on any atom is -0.497 e. The number of nitrogens with zero attached hydrogens (tertiary/aromatic N) is 1. The first-order valence-corrected chi connectivity index (χ1v) is 11.9. The molecule has 1 aliphatic heterocycles. The average molecular weight is 562 g/mol. The standard InChI is InChI=1S/C28H20F6N2O4/c1-39-19-5-2-4-16(12-19)22-20-6-3-7-21-24(20)36(8-9-40-21)26(38)23(22)25(37)35-14-15-10-17(27(29,30)31)13-18(11-15)28(32,33)34/h2-7,10-13H,8-9,14H2,1H3,(H,35,37). The SMILES string of the molecule is COc1cccc(-c2c(C(=O)NCc3cc(C(F)(F)F)cc(C(F)(F)F)c3)c(=O)n3c4c(cccc24)OCC3)c1. The Morgan fingerprint density at radius 2 is 1.65 bits per heavy atom. The van der Waals surface area contributed by atoms with Crippen LogP contribution < -0.4 is 20.3 Å². The van der Waals surface area contributed by atoms with Crippen LogP contribution in [-0.4, -0.2) is 24.2 Å². The molecule has 0 saturated carbocycles. The molecule has 1 aliphatic rings. The molecule has 0 fully saturated rings. The number of carbonyl (C=O) groups is 1. The number of para-hydroxylation sites is 1. The minimum absolute atomic E-state index is 0.00630. The zero-order valence-corrected chi connectivity index (χ0v) is 20.7. The zero-order chi connectivity index (χ0) is 28.8. The van der Waals surface area contributed by atoms with Crippen LogP contribution in [0.4, 0.5) is 26.3 Å². The highest BCUT2D eigenvalue weighted by Gasteiger charge is 2.37. The fraction of sp³-hybridized carbons (Fsp3) is 0.214. The van der Waals surface area contributed by atoms with Gasteiger partial charge in [0.2, 0.25) is 0 Å². The molecule has 208 valence electrons. The highest BCUT2D eigenvalue weighted by Crippen LogP contribution is 2.38. The molecule has 5 rings (SSSR count). The van der Waals surface area contributed by atoms with Crippen molar-refractivity contribution in [1.82, 2.24) is 9.88 Å². The number of halogens is 6. The molecule has 0 saturated heterocycles. The Balaban J connectivity index is 1.64. The summed E-state index contributed by atoms with van der Waals surface area (Å²) in [6, 6.07) is 12.7. The van der Waals surface area contributed by atoms with Gasteiger partial charge in [0.1, 0.15) is 23.7 Å². The van der Waals surface area contributed by atoms with Gasteiger partial charge in [-0.2, -0.15) is 26.3 Å². The van der Waals surface area contributed by atoms with Crippen LogP contribution in [0.25, 0.3) is 22.0 Å². The zero-order valence-electron chi connectivity index (χ0n) is 20.7. The van der Waals surface area contributed by atoms with E-state index in [0.717, 1.165) is 0 Å². The summed E-state index contributed by atoms with van der Waals surface area (Å²) in [4.78, 5) is 27.2. The van der Waals surface area contributed by atoms with Crippen LogP contribution in [0.3, 0.4) is 0 Å². The molecule has 3 aromatic carbocycles. The lowest BCUT2D eigenvalue weighted by Crippen LogP contribution is -2.36. The summed E-state index contributed by atoms with van der Waals surface area (Å²) < 4.78 is 92.2. The van der Waals surface area contributed by atoms with Crippen molar-refractivity contribution in [3.63, 3.8) is 0 Å². The van der Waals surface area contributed by atoms with Gasteiger partial charge in [-0.25, -0.2) is 0 Å². The number of rotatable bonds is 5. The lowest BCUT2D eigenvalue weighted by molar-refractivity contribution is -0.143. The molecule has 0 unspecified atom stereocenters. The molecule has 1 aromatic heterocycles. The maximum atomic E-state index is 13.7. The monoisotopic (exact) mass is 562 g/mol. The van der Waals surface area contributed by atoms with E-state index in [-0.39, 0.29) is 30.3 Å². The number of amides is 1. The van der Waals surface area contributed by atoms with E-state index in [2.05, 4.69) is 5.32 Å². The first-order chi connectivity index (χ1) is 18.9. The third kappa shape index (κ3) is 4.96. The number of ether oxygens (including phenoxy) is 2. The van der Waals surface area contributed by atoms with Gasteiger partial charge in [0.15, 0.2) is 0 Å². The Morgan fingerprint density at radius 3 is 2.30 bits per heavy atom. The van der Waals surface area contributed by atoms with Crippen LogP contribution in [0.5, 0.6) is 11.5 Å². The van der Waals surface area contributed by atoms with E-state index in [1.54, 1.807) is 42.5 Å². The van der Waals surface area contributed by atoms with Gasteiger partial charge in [-0.3, -0.25) is 9.59 Å². The maximum Gasteiger partial charge on any atom is 0.416 e. The van der Waals surface area contributed by atoms with Crippen molar-refractivity contribution in [3.05, 3.63) is 93.3 Å². The van der Waals surface area contributed by atoms with E-state index in [1.165, 1.54) is 11.7 Å². The molecule has 0 radical (unpaired) electrons. The van der Waals surface area contributed by atoms with Crippen molar-refractivity contribution in [2.75, 3.05) is 13.7 Å². The van der Waals surface area contributed by atoms with Crippen molar-refractivity contribution < 1.29 is 40.6 Å². The van der Waals surface area contributed by atoms with Crippen LogP contribution in [0.1, 0.15) is 27.0 Å². The number of methoxy groups -OCH3 is 1. The van der Waals surface area contributed by atoms with Gasteiger partial charge in [-0.15, -0.1) is 0 Å². The maximum absolute atomic E-state index is 13.7.